The summed E-state index contributed by atoms with van der Waals surface area (Å²) in [7, 11) is 1.62. The molecule has 17 heavy (non-hydrogen) atoms. The second-order valence-corrected chi connectivity index (χ2v) is 4.96. The molecule has 0 aliphatic rings. The number of hydrogen-bond donors (Lipinski definition) is 0. The summed E-state index contributed by atoms with van der Waals surface area (Å²) in [5.74, 6) is 0.616. The van der Waals surface area contributed by atoms with Crippen molar-refractivity contribution in [2.45, 2.75) is 26.2 Å². The molecule has 0 heterocycles. The first-order valence-electron chi connectivity index (χ1n) is 5.70. The van der Waals surface area contributed by atoms with Gasteiger partial charge in [0, 0.05) is 7.11 Å². The zero-order valence-electron chi connectivity index (χ0n) is 10.9. The number of benzene rings is 1. The lowest BCUT2D eigenvalue weighted by Gasteiger charge is -2.20. The molecule has 0 spiro atoms. The summed E-state index contributed by atoms with van der Waals surface area (Å²) in [6.45, 7) is 7.30. The lowest BCUT2D eigenvalue weighted by molar-refractivity contribution is 0.111. The smallest absolute Gasteiger partial charge is 0.153 e. The summed E-state index contributed by atoms with van der Waals surface area (Å²) >= 11 is 0. The van der Waals surface area contributed by atoms with Gasteiger partial charge in [0.25, 0.3) is 0 Å². The Balaban J connectivity index is 2.90. The van der Waals surface area contributed by atoms with Crippen molar-refractivity contribution in [3.8, 4) is 5.75 Å². The van der Waals surface area contributed by atoms with Gasteiger partial charge in [0.2, 0.25) is 0 Å². The van der Waals surface area contributed by atoms with E-state index in [4.69, 9.17) is 9.47 Å². The third kappa shape index (κ3) is 3.86. The molecule has 0 unspecified atom stereocenters. The fraction of sp³-hybridized carbons (Fsp3) is 0.500. The van der Waals surface area contributed by atoms with Gasteiger partial charge in [-0.25, -0.2) is 0 Å². The minimum absolute atomic E-state index is 0.0306. The van der Waals surface area contributed by atoms with E-state index in [2.05, 4.69) is 20.8 Å². The van der Waals surface area contributed by atoms with Gasteiger partial charge in [0.1, 0.15) is 12.4 Å². The van der Waals surface area contributed by atoms with Crippen LogP contribution < -0.4 is 4.74 Å². The molecule has 0 N–H and O–H groups in total. The average molecular weight is 236 g/mol. The fourth-order valence-corrected chi connectivity index (χ4v) is 1.47. The second-order valence-electron chi connectivity index (χ2n) is 4.96. The Hall–Kier alpha value is -1.35. The van der Waals surface area contributed by atoms with Crippen LogP contribution in [0.4, 0.5) is 0 Å². The summed E-state index contributed by atoms with van der Waals surface area (Å²) < 4.78 is 10.4. The largest absolute Gasteiger partial charge is 0.490 e. The molecule has 0 saturated carbocycles. The lowest BCUT2D eigenvalue weighted by Crippen LogP contribution is -2.12. The highest BCUT2D eigenvalue weighted by Crippen LogP contribution is 2.27. The zero-order chi connectivity index (χ0) is 12.9. The van der Waals surface area contributed by atoms with Crippen molar-refractivity contribution in [1.29, 1.82) is 0 Å². The molecule has 0 saturated heterocycles. The van der Waals surface area contributed by atoms with Crippen molar-refractivity contribution in [2.75, 3.05) is 20.3 Å². The van der Waals surface area contributed by atoms with Gasteiger partial charge in [-0.1, -0.05) is 26.8 Å². The Labute approximate surface area is 103 Å². The van der Waals surface area contributed by atoms with Crippen LogP contribution in [0.2, 0.25) is 0 Å². The number of ether oxygens (including phenoxy) is 2. The molecule has 0 aliphatic heterocycles. The normalized spacial score (nSPS) is 11.3. The van der Waals surface area contributed by atoms with Crippen LogP contribution >= 0.6 is 0 Å². The highest BCUT2D eigenvalue weighted by molar-refractivity contribution is 5.79. The van der Waals surface area contributed by atoms with E-state index in [1.165, 1.54) is 0 Å². The summed E-state index contributed by atoms with van der Waals surface area (Å²) in [6.07, 6.45) is 0.831. The number of aldehydes is 1. The van der Waals surface area contributed by atoms with Gasteiger partial charge in [-0.3, -0.25) is 4.79 Å². The molecule has 0 radical (unpaired) electrons. The molecule has 0 aromatic heterocycles. The van der Waals surface area contributed by atoms with Crippen LogP contribution in [0, 0.1) is 0 Å². The van der Waals surface area contributed by atoms with E-state index in [-0.39, 0.29) is 5.41 Å². The van der Waals surface area contributed by atoms with Gasteiger partial charge < -0.3 is 9.47 Å². The molecule has 0 atom stereocenters. The first-order chi connectivity index (χ1) is 7.99. The maximum atomic E-state index is 11.0. The SMILES string of the molecule is COCCOc1ccc(C(C)(C)C)cc1C=O. The van der Waals surface area contributed by atoms with Crippen LogP contribution in [0.3, 0.4) is 0 Å². The summed E-state index contributed by atoms with van der Waals surface area (Å²) in [6, 6.07) is 5.73. The van der Waals surface area contributed by atoms with E-state index in [0.29, 0.717) is 24.5 Å². The quantitative estimate of drug-likeness (QED) is 0.582. The van der Waals surface area contributed by atoms with E-state index in [9.17, 15) is 4.79 Å². The van der Waals surface area contributed by atoms with Crippen molar-refractivity contribution < 1.29 is 14.3 Å². The molecule has 1 aromatic rings. The number of carbonyl (C=O) groups excluding carboxylic acids is 1. The molecule has 1 rings (SSSR count). The molecule has 94 valence electrons. The second kappa shape index (κ2) is 5.82. The molecule has 3 heteroatoms. The van der Waals surface area contributed by atoms with Crippen molar-refractivity contribution in [3.05, 3.63) is 29.3 Å². The molecule has 0 aliphatic carbocycles. The topological polar surface area (TPSA) is 35.5 Å². The Kier molecular flexibility index (Phi) is 4.70. The molecule has 1 aromatic carbocycles. The molecule has 0 bridgehead atoms. The Morgan fingerprint density at radius 3 is 2.47 bits per heavy atom. The van der Waals surface area contributed by atoms with E-state index < -0.39 is 0 Å². The molecular formula is C14H20O3. The van der Waals surface area contributed by atoms with Crippen molar-refractivity contribution in [2.24, 2.45) is 0 Å². The standard InChI is InChI=1S/C14H20O3/c1-14(2,3)12-5-6-13(11(9-12)10-15)17-8-7-16-4/h5-6,9-10H,7-8H2,1-4H3. The predicted molar refractivity (Wildman–Crippen MR) is 67.9 cm³/mol. The average Bonchev–Trinajstić information content (AvgIpc) is 2.28. The maximum Gasteiger partial charge on any atom is 0.153 e. The van der Waals surface area contributed by atoms with E-state index in [1.54, 1.807) is 7.11 Å². The van der Waals surface area contributed by atoms with Crippen LogP contribution in [-0.4, -0.2) is 26.6 Å². The number of hydrogen-bond acceptors (Lipinski definition) is 3. The fourth-order valence-electron chi connectivity index (χ4n) is 1.47. The van der Waals surface area contributed by atoms with Crippen molar-refractivity contribution >= 4 is 6.29 Å². The van der Waals surface area contributed by atoms with Gasteiger partial charge in [-0.2, -0.15) is 0 Å². The molecule has 0 amide bonds. The van der Waals surface area contributed by atoms with Crippen LogP contribution in [0.1, 0.15) is 36.7 Å². The number of methoxy groups -OCH3 is 1. The van der Waals surface area contributed by atoms with Gasteiger partial charge in [0.05, 0.1) is 12.2 Å². The Bertz CT molecular complexity index is 378. The van der Waals surface area contributed by atoms with Crippen molar-refractivity contribution in [3.63, 3.8) is 0 Å². The summed E-state index contributed by atoms with van der Waals surface area (Å²) in [5, 5.41) is 0. The van der Waals surface area contributed by atoms with Crippen LogP contribution in [0.25, 0.3) is 0 Å². The lowest BCUT2D eigenvalue weighted by atomic mass is 9.86. The Morgan fingerprint density at radius 2 is 1.94 bits per heavy atom. The first-order valence-corrected chi connectivity index (χ1v) is 5.70. The van der Waals surface area contributed by atoms with Crippen molar-refractivity contribution in [1.82, 2.24) is 0 Å². The monoisotopic (exact) mass is 236 g/mol. The first kappa shape index (κ1) is 13.7. The van der Waals surface area contributed by atoms with E-state index in [1.807, 2.05) is 18.2 Å². The van der Waals surface area contributed by atoms with Gasteiger partial charge in [-0.15, -0.1) is 0 Å². The minimum Gasteiger partial charge on any atom is -0.490 e. The van der Waals surface area contributed by atoms with Crippen LogP contribution in [-0.2, 0) is 10.2 Å². The highest BCUT2D eigenvalue weighted by atomic mass is 16.5. The zero-order valence-corrected chi connectivity index (χ0v) is 10.9. The molecule has 3 nitrogen and oxygen atoms in total. The summed E-state index contributed by atoms with van der Waals surface area (Å²) in [4.78, 5) is 11.0. The maximum absolute atomic E-state index is 11.0. The van der Waals surface area contributed by atoms with Gasteiger partial charge >= 0.3 is 0 Å². The van der Waals surface area contributed by atoms with E-state index in [0.717, 1.165) is 11.8 Å². The van der Waals surface area contributed by atoms with Gasteiger partial charge in [0.15, 0.2) is 6.29 Å². The van der Waals surface area contributed by atoms with Gasteiger partial charge in [-0.05, 0) is 23.1 Å². The molecular weight excluding hydrogens is 216 g/mol. The summed E-state index contributed by atoms with van der Waals surface area (Å²) in [5.41, 5.74) is 1.75. The highest BCUT2D eigenvalue weighted by Gasteiger charge is 2.15. The van der Waals surface area contributed by atoms with Crippen LogP contribution in [0.5, 0.6) is 5.75 Å². The third-order valence-electron chi connectivity index (χ3n) is 2.55. The van der Waals surface area contributed by atoms with E-state index >= 15 is 0 Å². The third-order valence-corrected chi connectivity index (χ3v) is 2.55. The number of rotatable bonds is 5. The predicted octanol–water partition coefficient (Wildman–Crippen LogP) is 2.82. The Morgan fingerprint density at radius 1 is 1.24 bits per heavy atom. The van der Waals surface area contributed by atoms with Crippen LogP contribution in [0.15, 0.2) is 18.2 Å². The minimum atomic E-state index is 0.0306. The molecule has 0 fully saturated rings. The number of carbonyl (C=O) groups is 1.